The number of benzene rings is 2. The van der Waals surface area contributed by atoms with Gasteiger partial charge in [0.2, 0.25) is 15.9 Å². The molecule has 0 saturated carbocycles. The third-order valence-corrected chi connectivity index (χ3v) is 6.51. The van der Waals surface area contributed by atoms with Crippen molar-refractivity contribution in [1.29, 1.82) is 0 Å². The lowest BCUT2D eigenvalue weighted by Crippen LogP contribution is -2.31. The minimum atomic E-state index is -3.59. The minimum Gasteiger partial charge on any atom is -0.326 e. The third-order valence-electron chi connectivity index (χ3n) is 3.55. The van der Waals surface area contributed by atoms with Crippen molar-refractivity contribution in [1.82, 2.24) is 0 Å². The molecule has 0 saturated heterocycles. The van der Waals surface area contributed by atoms with Crippen molar-refractivity contribution in [2.75, 3.05) is 22.4 Å². The van der Waals surface area contributed by atoms with Crippen molar-refractivity contribution < 1.29 is 13.2 Å². The van der Waals surface area contributed by atoms with Gasteiger partial charge in [-0.1, -0.05) is 34.8 Å². The Labute approximate surface area is 181 Å². The second kappa shape index (κ2) is 9.47. The quantitative estimate of drug-likeness (QED) is 0.524. The lowest BCUT2D eigenvalue weighted by atomic mass is 10.2. The summed E-state index contributed by atoms with van der Waals surface area (Å²) in [7, 11) is -3.59. The lowest BCUT2D eigenvalue weighted by molar-refractivity contribution is -0.116. The molecule has 1 amide bonds. The van der Waals surface area contributed by atoms with E-state index in [1.807, 2.05) is 0 Å². The summed E-state index contributed by atoms with van der Waals surface area (Å²) < 4.78 is 26.1. The Kier molecular flexibility index (Phi) is 7.83. The largest absolute Gasteiger partial charge is 0.326 e. The number of carbonyl (C=O) groups excluding carboxylic acids is 1. The molecule has 2 aromatic carbocycles. The highest BCUT2D eigenvalue weighted by atomic mass is 79.9. The molecule has 0 spiro atoms. The molecular formula is C17H16BrCl3N2O3S. The van der Waals surface area contributed by atoms with E-state index < -0.39 is 10.0 Å². The molecule has 0 aliphatic rings. The van der Waals surface area contributed by atoms with E-state index in [-0.39, 0.29) is 29.6 Å². The first-order valence-electron chi connectivity index (χ1n) is 7.75. The van der Waals surface area contributed by atoms with Crippen LogP contribution in [0.5, 0.6) is 0 Å². The zero-order chi connectivity index (χ0) is 20.2. The Morgan fingerprint density at radius 3 is 2.44 bits per heavy atom. The Balaban J connectivity index is 2.02. The summed E-state index contributed by atoms with van der Waals surface area (Å²) in [6, 6.07) is 9.64. The van der Waals surface area contributed by atoms with Crippen LogP contribution in [0.15, 0.2) is 40.9 Å². The van der Waals surface area contributed by atoms with E-state index in [0.717, 1.165) is 15.0 Å². The lowest BCUT2D eigenvalue weighted by Gasteiger charge is -2.23. The van der Waals surface area contributed by atoms with Gasteiger partial charge in [-0.2, -0.15) is 0 Å². The van der Waals surface area contributed by atoms with Crippen LogP contribution in [-0.4, -0.2) is 27.1 Å². The second-order valence-electron chi connectivity index (χ2n) is 5.71. The van der Waals surface area contributed by atoms with Crippen LogP contribution in [0.2, 0.25) is 15.1 Å². The van der Waals surface area contributed by atoms with Gasteiger partial charge in [0.25, 0.3) is 0 Å². The van der Waals surface area contributed by atoms with Crippen molar-refractivity contribution in [2.45, 2.75) is 12.8 Å². The van der Waals surface area contributed by atoms with Crippen molar-refractivity contribution in [3.8, 4) is 0 Å². The number of hydrogen-bond acceptors (Lipinski definition) is 3. The normalized spacial score (nSPS) is 11.3. The molecular weight excluding hydrogens is 499 g/mol. The minimum absolute atomic E-state index is 0.0907. The first kappa shape index (κ1) is 22.3. The molecule has 27 heavy (non-hydrogen) atoms. The molecule has 0 aliphatic carbocycles. The van der Waals surface area contributed by atoms with Gasteiger partial charge in [-0.05, 0) is 58.7 Å². The Morgan fingerprint density at radius 2 is 1.81 bits per heavy atom. The van der Waals surface area contributed by atoms with E-state index in [1.165, 1.54) is 12.1 Å². The highest BCUT2D eigenvalue weighted by Crippen LogP contribution is 2.31. The van der Waals surface area contributed by atoms with Crippen LogP contribution in [0.25, 0.3) is 0 Å². The molecule has 2 rings (SSSR count). The van der Waals surface area contributed by atoms with Crippen LogP contribution >= 0.6 is 50.7 Å². The van der Waals surface area contributed by atoms with Crippen molar-refractivity contribution in [3.63, 3.8) is 0 Å². The van der Waals surface area contributed by atoms with E-state index in [9.17, 15) is 13.2 Å². The number of anilines is 2. The van der Waals surface area contributed by atoms with E-state index >= 15 is 0 Å². The molecule has 5 nitrogen and oxygen atoms in total. The molecule has 0 bridgehead atoms. The summed E-state index contributed by atoms with van der Waals surface area (Å²) in [5.41, 5.74) is 0.845. The van der Waals surface area contributed by atoms with Crippen LogP contribution in [0.3, 0.4) is 0 Å². The van der Waals surface area contributed by atoms with Crippen molar-refractivity contribution >= 4 is 78.0 Å². The van der Waals surface area contributed by atoms with Gasteiger partial charge < -0.3 is 5.32 Å². The Hall–Kier alpha value is -0.990. The fourth-order valence-electron chi connectivity index (χ4n) is 2.32. The van der Waals surface area contributed by atoms with Crippen molar-refractivity contribution in [3.05, 3.63) is 55.9 Å². The highest BCUT2D eigenvalue weighted by molar-refractivity contribution is 9.10. The maximum atomic E-state index is 12.1. The van der Waals surface area contributed by atoms with Crippen LogP contribution in [0.4, 0.5) is 11.4 Å². The average Bonchev–Trinajstić information content (AvgIpc) is 2.56. The number of nitrogens with one attached hydrogen (secondary N) is 1. The van der Waals surface area contributed by atoms with Gasteiger partial charge in [-0.3, -0.25) is 9.10 Å². The van der Waals surface area contributed by atoms with Gasteiger partial charge in [0.05, 0.1) is 22.0 Å². The second-order valence-corrected chi connectivity index (χ2v) is 9.72. The molecule has 0 heterocycles. The summed E-state index contributed by atoms with van der Waals surface area (Å²) in [6.07, 6.45) is 1.50. The summed E-state index contributed by atoms with van der Waals surface area (Å²) in [4.78, 5) is 12.1. The number of hydrogen-bond donors (Lipinski definition) is 1. The first-order chi connectivity index (χ1) is 12.6. The van der Waals surface area contributed by atoms with Crippen molar-refractivity contribution in [2.24, 2.45) is 0 Å². The smallest absolute Gasteiger partial charge is 0.232 e. The molecule has 0 aromatic heterocycles. The molecule has 0 aliphatic heterocycles. The fraction of sp³-hybridized carbons (Fsp3) is 0.235. The van der Waals surface area contributed by atoms with Crippen LogP contribution in [0.1, 0.15) is 12.8 Å². The number of carbonyl (C=O) groups is 1. The monoisotopic (exact) mass is 512 g/mol. The van der Waals surface area contributed by atoms with Crippen LogP contribution in [0, 0.1) is 0 Å². The predicted molar refractivity (Wildman–Crippen MR) is 116 cm³/mol. The SMILES string of the molecule is CS(=O)(=O)N(CCCC(=O)Nc1ccc(Br)c(Cl)c1)c1cc(Cl)ccc1Cl. The number of halogens is 4. The molecule has 1 N–H and O–H groups in total. The third kappa shape index (κ3) is 6.54. The van der Waals surface area contributed by atoms with Gasteiger partial charge in [0.15, 0.2) is 0 Å². The molecule has 0 atom stereocenters. The standard InChI is InChI=1S/C17H16BrCl3N2O3S/c1-27(25,26)23(16-9-11(19)4-7-14(16)20)8-2-3-17(24)22-12-5-6-13(18)15(21)10-12/h4-7,9-10H,2-3,8H2,1H3,(H,22,24). The highest BCUT2D eigenvalue weighted by Gasteiger charge is 2.20. The van der Waals surface area contributed by atoms with Crippen LogP contribution in [-0.2, 0) is 14.8 Å². The number of sulfonamides is 1. The molecule has 2 aromatic rings. The van der Waals surface area contributed by atoms with E-state index in [1.54, 1.807) is 24.3 Å². The van der Waals surface area contributed by atoms with Gasteiger partial charge in [0.1, 0.15) is 0 Å². The average molecular weight is 515 g/mol. The molecule has 0 fully saturated rings. The molecule has 0 radical (unpaired) electrons. The maximum absolute atomic E-state index is 12.1. The van der Waals surface area contributed by atoms with E-state index in [4.69, 9.17) is 34.8 Å². The van der Waals surface area contributed by atoms with Gasteiger partial charge in [-0.15, -0.1) is 0 Å². The summed E-state index contributed by atoms with van der Waals surface area (Å²) in [5.74, 6) is -0.251. The number of rotatable bonds is 7. The Bertz CT molecular complexity index is 954. The van der Waals surface area contributed by atoms with Crippen LogP contribution < -0.4 is 9.62 Å². The first-order valence-corrected chi connectivity index (χ1v) is 11.5. The van der Waals surface area contributed by atoms with E-state index in [0.29, 0.717) is 22.2 Å². The zero-order valence-electron chi connectivity index (χ0n) is 14.2. The number of amides is 1. The molecule has 146 valence electrons. The molecule has 0 unspecified atom stereocenters. The Morgan fingerprint density at radius 1 is 1.11 bits per heavy atom. The van der Waals surface area contributed by atoms with E-state index in [2.05, 4.69) is 21.2 Å². The summed E-state index contributed by atoms with van der Waals surface area (Å²) >= 11 is 21.3. The summed E-state index contributed by atoms with van der Waals surface area (Å²) in [6.45, 7) is 0.0907. The maximum Gasteiger partial charge on any atom is 0.232 e. The van der Waals surface area contributed by atoms with Gasteiger partial charge in [0, 0.05) is 28.1 Å². The molecule has 10 heteroatoms. The topological polar surface area (TPSA) is 66.5 Å². The predicted octanol–water partition coefficient (Wildman–Crippen LogP) is 5.59. The zero-order valence-corrected chi connectivity index (χ0v) is 18.8. The fourth-order valence-corrected chi connectivity index (χ4v) is 4.15. The van der Waals surface area contributed by atoms with Gasteiger partial charge in [-0.25, -0.2) is 8.42 Å². The van der Waals surface area contributed by atoms with Gasteiger partial charge >= 0.3 is 0 Å². The number of nitrogens with zero attached hydrogens (tertiary/aromatic N) is 1. The summed E-state index contributed by atoms with van der Waals surface area (Å²) in [5, 5.41) is 3.83.